The lowest BCUT2D eigenvalue weighted by Crippen LogP contribution is -2.40. The monoisotopic (exact) mass is 687 g/mol. The second-order valence-corrected chi connectivity index (χ2v) is 16.4. The van der Waals surface area contributed by atoms with Gasteiger partial charge in [-0.05, 0) is 81.9 Å². The highest BCUT2D eigenvalue weighted by Gasteiger charge is 2.30. The van der Waals surface area contributed by atoms with Gasteiger partial charge >= 0.3 is 6.18 Å². The quantitative estimate of drug-likeness (QED) is 0.235. The molecule has 0 amide bonds. The number of halogens is 3. The van der Waals surface area contributed by atoms with Gasteiger partial charge in [-0.25, -0.2) is 18.4 Å². The Hall–Kier alpha value is -3.25. The molecule has 14 heteroatoms. The first-order valence-corrected chi connectivity index (χ1v) is 18.8. The van der Waals surface area contributed by atoms with E-state index in [0.717, 1.165) is 79.9 Å². The lowest BCUT2D eigenvalue weighted by atomic mass is 10.0. The van der Waals surface area contributed by atoms with Gasteiger partial charge in [0.1, 0.15) is 38.1 Å². The van der Waals surface area contributed by atoms with Gasteiger partial charge < -0.3 is 14.8 Å². The van der Waals surface area contributed by atoms with E-state index >= 15 is 0 Å². The number of hydrogen-bond donors (Lipinski definition) is 1. The lowest BCUT2D eigenvalue weighted by Gasteiger charge is -2.33. The molecule has 2 aliphatic rings. The predicted octanol–water partition coefficient (Wildman–Crippen LogP) is 5.82. The van der Waals surface area contributed by atoms with Crippen molar-refractivity contribution in [2.45, 2.75) is 76.5 Å². The highest BCUT2D eigenvalue weighted by molar-refractivity contribution is 7.91. The fraction of sp³-hybridized carbons (Fsp3) is 0.545. The van der Waals surface area contributed by atoms with Gasteiger partial charge in [-0.15, -0.1) is 11.3 Å². The van der Waals surface area contributed by atoms with Crippen LogP contribution in [0.1, 0.15) is 53.2 Å². The summed E-state index contributed by atoms with van der Waals surface area (Å²) in [5, 5.41) is 14.9. The maximum atomic E-state index is 13.0. The minimum Gasteiger partial charge on any atom is -0.367 e. The number of nitrogens with zero attached hydrogens (tertiary/aromatic N) is 6. The Morgan fingerprint density at radius 2 is 1.70 bits per heavy atom. The number of sulfone groups is 1. The van der Waals surface area contributed by atoms with Gasteiger partial charge in [-0.1, -0.05) is 6.07 Å². The van der Waals surface area contributed by atoms with E-state index in [9.17, 15) is 26.9 Å². The number of nitriles is 1. The van der Waals surface area contributed by atoms with E-state index in [1.54, 1.807) is 13.0 Å². The third kappa shape index (κ3) is 7.74. The molecule has 2 aliphatic heterocycles. The molecule has 47 heavy (non-hydrogen) atoms. The largest absolute Gasteiger partial charge is 0.393 e. The first-order valence-electron chi connectivity index (χ1n) is 16.0. The van der Waals surface area contributed by atoms with Crippen molar-refractivity contribution < 1.29 is 21.6 Å². The molecule has 252 valence electrons. The summed E-state index contributed by atoms with van der Waals surface area (Å²) < 4.78 is 64.9. The smallest absolute Gasteiger partial charge is 0.367 e. The Balaban J connectivity index is 1.08. The van der Waals surface area contributed by atoms with Crippen molar-refractivity contribution in [1.82, 2.24) is 24.3 Å². The van der Waals surface area contributed by atoms with Gasteiger partial charge in [0, 0.05) is 60.8 Å². The van der Waals surface area contributed by atoms with Gasteiger partial charge in [0.05, 0.1) is 17.1 Å². The van der Waals surface area contributed by atoms with Gasteiger partial charge in [-0.2, -0.15) is 18.4 Å². The van der Waals surface area contributed by atoms with Crippen LogP contribution in [-0.4, -0.2) is 89.2 Å². The summed E-state index contributed by atoms with van der Waals surface area (Å²) in [5.41, 5.74) is 4.05. The normalized spacial score (nSPS) is 17.9. The van der Waals surface area contributed by atoms with Crippen LogP contribution in [0.3, 0.4) is 0 Å². The van der Waals surface area contributed by atoms with Crippen molar-refractivity contribution in [3.63, 3.8) is 0 Å². The number of hydrogen-bond acceptors (Lipinski definition) is 9. The van der Waals surface area contributed by atoms with Crippen molar-refractivity contribution in [3.05, 3.63) is 51.8 Å². The van der Waals surface area contributed by atoms with Crippen molar-refractivity contribution in [2.75, 3.05) is 44.3 Å². The molecule has 0 bridgehead atoms. The average Bonchev–Trinajstić information content (AvgIpc) is 3.58. The van der Waals surface area contributed by atoms with Gasteiger partial charge in [0.2, 0.25) is 0 Å². The zero-order valence-corrected chi connectivity index (χ0v) is 28.5. The lowest BCUT2D eigenvalue weighted by molar-refractivity contribution is -0.126. The molecule has 6 rings (SSSR count). The Morgan fingerprint density at radius 3 is 2.36 bits per heavy atom. The molecule has 0 aliphatic carbocycles. The second kappa shape index (κ2) is 13.3. The van der Waals surface area contributed by atoms with E-state index in [1.807, 2.05) is 6.07 Å². The fourth-order valence-corrected chi connectivity index (χ4v) is 9.14. The number of aromatic nitrogens is 3. The molecule has 0 spiro atoms. The average molecular weight is 688 g/mol. The number of benzene rings is 1. The van der Waals surface area contributed by atoms with Crippen LogP contribution in [0, 0.1) is 25.2 Å². The summed E-state index contributed by atoms with van der Waals surface area (Å²) in [6.45, 7) is 9.32. The van der Waals surface area contributed by atoms with E-state index < -0.39 is 22.4 Å². The number of piperidine rings is 2. The van der Waals surface area contributed by atoms with E-state index in [2.05, 4.69) is 54.8 Å². The van der Waals surface area contributed by atoms with Crippen molar-refractivity contribution in [3.8, 4) is 6.07 Å². The second-order valence-electron chi connectivity index (χ2n) is 13.0. The van der Waals surface area contributed by atoms with Crippen LogP contribution in [0.25, 0.3) is 21.1 Å². The minimum absolute atomic E-state index is 0.155. The Labute approximate surface area is 277 Å². The summed E-state index contributed by atoms with van der Waals surface area (Å²) in [6.07, 6.45) is -0.858. The maximum Gasteiger partial charge on any atom is 0.393 e. The minimum atomic E-state index is -4.27. The number of likely N-dealkylation sites (tertiary alicyclic amines) is 2. The molecule has 3 aromatic heterocycles. The summed E-state index contributed by atoms with van der Waals surface area (Å²) >= 11 is 1.07. The number of fused-ring (bicyclic) bond motifs is 2. The third-order valence-corrected chi connectivity index (χ3v) is 12.3. The number of aryl methyl sites for hydroxylation is 2. The molecule has 0 saturated carbocycles. The number of alkyl halides is 3. The topological polar surface area (TPSA) is 107 Å². The standard InChI is InChI=1S/C33H40F3N7O2S2/c1-21-23(4-5-30-28(21)16-25(19-37)43(30)15-14-41-12-8-27(9-13-41)47(3,44)45)20-42-10-6-24(7-11-42)40-31-29-17-26(18-33(34,35)36)46-32(29)39-22(2)38-31/h4-5,16-17,24,27H,6-15,18,20H2,1-3H3,(H,38,39,40). The van der Waals surface area contributed by atoms with Gasteiger partial charge in [0.25, 0.3) is 0 Å². The molecular weight excluding hydrogens is 648 g/mol. The van der Waals surface area contributed by atoms with E-state index in [0.29, 0.717) is 46.9 Å². The van der Waals surface area contributed by atoms with Crippen LogP contribution < -0.4 is 5.32 Å². The summed E-state index contributed by atoms with van der Waals surface area (Å²) in [4.78, 5) is 14.4. The molecule has 0 atom stereocenters. The molecule has 0 radical (unpaired) electrons. The number of anilines is 1. The first kappa shape index (κ1) is 33.6. The molecule has 1 aromatic carbocycles. The first-order chi connectivity index (χ1) is 22.3. The van der Waals surface area contributed by atoms with Crippen LogP contribution in [0.5, 0.6) is 0 Å². The highest BCUT2D eigenvalue weighted by Crippen LogP contribution is 2.34. The van der Waals surface area contributed by atoms with Crippen LogP contribution in [-0.2, 0) is 29.3 Å². The molecule has 9 nitrogen and oxygen atoms in total. The maximum absolute atomic E-state index is 13.0. The van der Waals surface area contributed by atoms with Gasteiger partial charge in [0.15, 0.2) is 0 Å². The van der Waals surface area contributed by atoms with Crippen molar-refractivity contribution in [1.29, 1.82) is 5.26 Å². The summed E-state index contributed by atoms with van der Waals surface area (Å²) in [6, 6.07) is 10.3. The Bertz CT molecular complexity index is 1910. The van der Waals surface area contributed by atoms with E-state index in [4.69, 9.17) is 0 Å². The highest BCUT2D eigenvalue weighted by atomic mass is 32.2. The molecule has 2 fully saturated rings. The van der Waals surface area contributed by atoms with Crippen molar-refractivity contribution >= 4 is 48.1 Å². The number of rotatable bonds is 9. The SMILES string of the molecule is Cc1nc(NC2CCN(Cc3ccc4c(cc(C#N)n4CCN4CCC(S(C)(=O)=O)CC4)c3C)CC2)c2cc(CC(F)(F)F)sc2n1. The Morgan fingerprint density at radius 1 is 1.00 bits per heavy atom. The Kier molecular flexibility index (Phi) is 9.55. The number of nitrogens with one attached hydrogen (secondary N) is 1. The van der Waals surface area contributed by atoms with E-state index in [-0.39, 0.29) is 16.2 Å². The predicted molar refractivity (Wildman–Crippen MR) is 180 cm³/mol. The molecule has 4 aromatic rings. The molecule has 1 N–H and O–H groups in total. The number of thiophene rings is 1. The summed E-state index contributed by atoms with van der Waals surface area (Å²) in [7, 11) is -3.01. The van der Waals surface area contributed by atoms with Crippen molar-refractivity contribution in [2.24, 2.45) is 0 Å². The molecular formula is C33H40F3N7O2S2. The van der Waals surface area contributed by atoms with E-state index in [1.165, 1.54) is 11.8 Å². The van der Waals surface area contributed by atoms with Gasteiger partial charge in [-0.3, -0.25) is 4.90 Å². The van der Waals surface area contributed by atoms with Crippen LogP contribution in [0.2, 0.25) is 0 Å². The van der Waals surface area contributed by atoms with Crippen LogP contribution in [0.4, 0.5) is 19.0 Å². The zero-order valence-electron chi connectivity index (χ0n) is 26.9. The third-order valence-electron chi connectivity index (χ3n) is 9.61. The fourth-order valence-electron chi connectivity index (χ4n) is 6.97. The summed E-state index contributed by atoms with van der Waals surface area (Å²) in [5.74, 6) is 1.14. The van der Waals surface area contributed by atoms with Crippen LogP contribution in [0.15, 0.2) is 24.3 Å². The zero-order chi connectivity index (χ0) is 33.5. The molecule has 2 saturated heterocycles. The van der Waals surface area contributed by atoms with Crippen LogP contribution >= 0.6 is 11.3 Å². The molecule has 5 heterocycles. The molecule has 0 unspecified atom stereocenters.